The molecule has 0 fully saturated rings. The van der Waals surface area contributed by atoms with Crippen LogP contribution >= 0.6 is 0 Å². The summed E-state index contributed by atoms with van der Waals surface area (Å²) >= 11 is 0. The number of nitriles is 1. The summed E-state index contributed by atoms with van der Waals surface area (Å²) in [6.45, 7) is 2.33. The molecule has 0 aliphatic carbocycles. The Hall–Kier alpha value is -2.16. The molecule has 5 nitrogen and oxygen atoms in total. The van der Waals surface area contributed by atoms with Gasteiger partial charge in [0.05, 0.1) is 23.9 Å². The van der Waals surface area contributed by atoms with Crippen LogP contribution in [0.1, 0.15) is 28.5 Å². The molecule has 1 aliphatic rings. The molecule has 0 spiro atoms. The van der Waals surface area contributed by atoms with Gasteiger partial charge in [-0.2, -0.15) is 10.4 Å². The molecule has 0 saturated carbocycles. The van der Waals surface area contributed by atoms with Crippen LogP contribution < -0.4 is 0 Å². The van der Waals surface area contributed by atoms with Gasteiger partial charge in [0.2, 0.25) is 0 Å². The fraction of sp³-hybridized carbons (Fsp3) is 0.333. The lowest BCUT2D eigenvalue weighted by Gasteiger charge is -2.28. The number of β-amino-alcohol motifs (C(OH)–C–C–N with tert-alkyl or cyclic N) is 1. The quantitative estimate of drug-likeness (QED) is 0.881. The highest BCUT2D eigenvalue weighted by Crippen LogP contribution is 2.20. The van der Waals surface area contributed by atoms with Crippen LogP contribution in [-0.2, 0) is 13.0 Å². The molecule has 1 aromatic carbocycles. The zero-order valence-corrected chi connectivity index (χ0v) is 11.1. The van der Waals surface area contributed by atoms with Crippen molar-refractivity contribution in [2.45, 2.75) is 19.1 Å². The van der Waals surface area contributed by atoms with Gasteiger partial charge in [-0.05, 0) is 17.7 Å². The van der Waals surface area contributed by atoms with Crippen molar-refractivity contribution in [3.05, 3.63) is 52.8 Å². The number of nitrogens with zero attached hydrogens (tertiary/aromatic N) is 3. The molecule has 2 aromatic rings. The van der Waals surface area contributed by atoms with E-state index in [1.807, 2.05) is 18.3 Å². The molecule has 3 rings (SSSR count). The predicted molar refractivity (Wildman–Crippen MR) is 73.7 cm³/mol. The highest BCUT2D eigenvalue weighted by atomic mass is 16.3. The van der Waals surface area contributed by atoms with Crippen molar-refractivity contribution in [2.75, 3.05) is 13.1 Å². The van der Waals surface area contributed by atoms with Gasteiger partial charge in [0.1, 0.15) is 0 Å². The maximum atomic E-state index is 10.3. The van der Waals surface area contributed by atoms with Crippen LogP contribution in [0.5, 0.6) is 0 Å². The van der Waals surface area contributed by atoms with Crippen LogP contribution in [0.15, 0.2) is 30.5 Å². The smallest absolute Gasteiger partial charge is 0.0991 e. The monoisotopic (exact) mass is 268 g/mol. The van der Waals surface area contributed by atoms with Gasteiger partial charge in [0.15, 0.2) is 0 Å². The first-order chi connectivity index (χ1) is 9.76. The molecular weight excluding hydrogens is 252 g/mol. The van der Waals surface area contributed by atoms with Crippen molar-refractivity contribution in [1.29, 1.82) is 5.26 Å². The number of fused-ring (bicyclic) bond motifs is 1. The third-order valence-electron chi connectivity index (χ3n) is 3.74. The molecule has 0 radical (unpaired) electrons. The summed E-state index contributed by atoms with van der Waals surface area (Å²) in [7, 11) is 0. The van der Waals surface area contributed by atoms with Crippen molar-refractivity contribution < 1.29 is 5.11 Å². The van der Waals surface area contributed by atoms with Gasteiger partial charge in [-0.3, -0.25) is 10.00 Å². The van der Waals surface area contributed by atoms with Gasteiger partial charge in [-0.1, -0.05) is 12.1 Å². The summed E-state index contributed by atoms with van der Waals surface area (Å²) in [5.41, 5.74) is 3.88. The van der Waals surface area contributed by atoms with Crippen LogP contribution in [-0.4, -0.2) is 33.3 Å². The minimum absolute atomic E-state index is 0.531. The van der Waals surface area contributed by atoms with Crippen molar-refractivity contribution in [3.8, 4) is 6.07 Å². The summed E-state index contributed by atoms with van der Waals surface area (Å²) in [5, 5.41) is 26.1. The zero-order valence-electron chi connectivity index (χ0n) is 11.1. The van der Waals surface area contributed by atoms with E-state index in [1.165, 1.54) is 11.3 Å². The van der Waals surface area contributed by atoms with Gasteiger partial charge >= 0.3 is 0 Å². The van der Waals surface area contributed by atoms with Crippen molar-refractivity contribution in [2.24, 2.45) is 0 Å². The summed E-state index contributed by atoms with van der Waals surface area (Å²) in [4.78, 5) is 2.22. The number of hydrogen-bond donors (Lipinski definition) is 2. The van der Waals surface area contributed by atoms with E-state index in [9.17, 15) is 5.11 Å². The third kappa shape index (κ3) is 2.57. The number of hydrogen-bond acceptors (Lipinski definition) is 4. The van der Waals surface area contributed by atoms with E-state index in [0.717, 1.165) is 25.1 Å². The molecule has 102 valence electrons. The number of nitrogens with one attached hydrogen (secondary N) is 1. The molecule has 0 amide bonds. The van der Waals surface area contributed by atoms with E-state index in [1.54, 1.807) is 12.1 Å². The van der Waals surface area contributed by atoms with Crippen LogP contribution in [0.25, 0.3) is 0 Å². The third-order valence-corrected chi connectivity index (χ3v) is 3.74. The second-order valence-electron chi connectivity index (χ2n) is 5.11. The van der Waals surface area contributed by atoms with Crippen LogP contribution in [0.2, 0.25) is 0 Å². The van der Waals surface area contributed by atoms with Gasteiger partial charge in [-0.15, -0.1) is 0 Å². The molecule has 1 atom stereocenters. The largest absolute Gasteiger partial charge is 0.387 e. The minimum atomic E-state index is -0.531. The Balaban J connectivity index is 1.64. The van der Waals surface area contributed by atoms with E-state index in [-0.39, 0.29) is 0 Å². The molecular formula is C15H16N4O. The SMILES string of the molecule is N#Cc1ccc(C(O)CN2CCc3[nH]ncc3C2)cc1. The van der Waals surface area contributed by atoms with Gasteiger partial charge in [0, 0.05) is 37.3 Å². The maximum absolute atomic E-state index is 10.3. The molecule has 0 bridgehead atoms. The highest BCUT2D eigenvalue weighted by molar-refractivity contribution is 5.32. The Bertz CT molecular complexity index is 626. The lowest BCUT2D eigenvalue weighted by atomic mass is 10.0. The number of H-pyrrole nitrogens is 1. The second-order valence-corrected chi connectivity index (χ2v) is 5.11. The molecule has 0 saturated heterocycles. The number of aromatic nitrogens is 2. The summed E-state index contributed by atoms with van der Waals surface area (Å²) < 4.78 is 0. The first-order valence-corrected chi connectivity index (χ1v) is 6.68. The zero-order chi connectivity index (χ0) is 13.9. The number of aliphatic hydroxyl groups excluding tert-OH is 1. The number of rotatable bonds is 3. The van der Waals surface area contributed by atoms with E-state index in [0.29, 0.717) is 12.1 Å². The molecule has 1 aromatic heterocycles. The standard InChI is InChI=1S/C15H16N4O/c16-7-11-1-3-12(4-2-11)15(20)10-19-6-5-14-13(9-19)8-17-18-14/h1-4,8,15,20H,5-6,9-10H2,(H,17,18). The molecule has 20 heavy (non-hydrogen) atoms. The van der Waals surface area contributed by atoms with E-state index in [4.69, 9.17) is 5.26 Å². The van der Waals surface area contributed by atoms with Gasteiger partial charge < -0.3 is 5.11 Å². The Morgan fingerprint density at radius 3 is 2.95 bits per heavy atom. The van der Waals surface area contributed by atoms with Crippen LogP contribution in [0.4, 0.5) is 0 Å². The molecule has 1 unspecified atom stereocenters. The predicted octanol–water partition coefficient (Wildman–Crippen LogP) is 1.37. The Kier molecular flexibility index (Phi) is 3.50. The van der Waals surface area contributed by atoms with Crippen molar-refractivity contribution in [3.63, 3.8) is 0 Å². The van der Waals surface area contributed by atoms with E-state index in [2.05, 4.69) is 21.2 Å². The summed E-state index contributed by atoms with van der Waals surface area (Å²) in [6, 6.07) is 9.19. The average molecular weight is 268 g/mol. The molecule has 2 heterocycles. The summed E-state index contributed by atoms with van der Waals surface area (Å²) in [6.07, 6.45) is 2.27. The van der Waals surface area contributed by atoms with Gasteiger partial charge in [0.25, 0.3) is 0 Å². The van der Waals surface area contributed by atoms with Gasteiger partial charge in [-0.25, -0.2) is 0 Å². The molecule has 5 heteroatoms. The number of aromatic amines is 1. The minimum Gasteiger partial charge on any atom is -0.387 e. The number of benzene rings is 1. The lowest BCUT2D eigenvalue weighted by Crippen LogP contribution is -2.33. The first kappa shape index (κ1) is 12.9. The van der Waals surface area contributed by atoms with Crippen molar-refractivity contribution in [1.82, 2.24) is 15.1 Å². The number of aliphatic hydroxyl groups is 1. The lowest BCUT2D eigenvalue weighted by molar-refractivity contribution is 0.106. The second kappa shape index (κ2) is 5.45. The average Bonchev–Trinajstić information content (AvgIpc) is 2.95. The summed E-state index contributed by atoms with van der Waals surface area (Å²) in [5.74, 6) is 0. The fourth-order valence-corrected chi connectivity index (χ4v) is 2.57. The van der Waals surface area contributed by atoms with Crippen LogP contribution in [0, 0.1) is 11.3 Å². The maximum Gasteiger partial charge on any atom is 0.0991 e. The van der Waals surface area contributed by atoms with E-state index >= 15 is 0 Å². The topological polar surface area (TPSA) is 75.9 Å². The first-order valence-electron chi connectivity index (χ1n) is 6.68. The molecule has 2 N–H and O–H groups in total. The molecule has 1 aliphatic heterocycles. The Morgan fingerprint density at radius 2 is 2.20 bits per heavy atom. The Morgan fingerprint density at radius 1 is 1.40 bits per heavy atom. The van der Waals surface area contributed by atoms with Crippen molar-refractivity contribution >= 4 is 0 Å². The van der Waals surface area contributed by atoms with Crippen LogP contribution in [0.3, 0.4) is 0 Å². The normalized spacial score (nSPS) is 16.4. The highest BCUT2D eigenvalue weighted by Gasteiger charge is 2.20. The van der Waals surface area contributed by atoms with E-state index < -0.39 is 6.10 Å². The fourth-order valence-electron chi connectivity index (χ4n) is 2.57. The Labute approximate surface area is 117 Å².